The van der Waals surface area contributed by atoms with E-state index < -0.39 is 16.1 Å². The van der Waals surface area contributed by atoms with Crippen molar-refractivity contribution in [2.24, 2.45) is 0 Å². The summed E-state index contributed by atoms with van der Waals surface area (Å²) in [6.45, 7) is 13.1. The Morgan fingerprint density at radius 3 is 2.00 bits per heavy atom. The van der Waals surface area contributed by atoms with Gasteiger partial charge in [0.25, 0.3) is 8.53 Å². The number of nitrogens with one attached hydrogen (secondary N) is 1. The topological polar surface area (TPSA) is 69.3 Å². The predicted octanol–water partition coefficient (Wildman–Crippen LogP) is 3.85. The number of hydrogen-bond donors (Lipinski definition) is 1. The van der Waals surface area contributed by atoms with Crippen LogP contribution in [0, 0.1) is 0 Å². The van der Waals surface area contributed by atoms with Crippen molar-refractivity contribution in [2.75, 3.05) is 46.7 Å². The molecule has 0 saturated carbocycles. The van der Waals surface area contributed by atoms with Crippen LogP contribution in [-0.2, 0) is 22.7 Å². The summed E-state index contributed by atoms with van der Waals surface area (Å²) in [5.41, 5.74) is 0. The van der Waals surface area contributed by atoms with E-state index >= 15 is 0 Å². The standard InChI is InChI=1S/C15H36N2O5P2/c1-8-11-21-23(17(14(2)3)15(4)5)22-12-9-16-10-13-24(18,19-6)20-7/h14-16H,8-13H2,1-7H3. The second kappa shape index (κ2) is 13.6. The normalized spacial score (nSPS) is 14.1. The molecule has 7 nitrogen and oxygen atoms in total. The van der Waals surface area contributed by atoms with Crippen LogP contribution in [0.15, 0.2) is 0 Å². The van der Waals surface area contributed by atoms with Crippen molar-refractivity contribution < 1.29 is 22.7 Å². The van der Waals surface area contributed by atoms with Crippen molar-refractivity contribution in [3.05, 3.63) is 0 Å². The van der Waals surface area contributed by atoms with E-state index in [0.29, 0.717) is 44.5 Å². The van der Waals surface area contributed by atoms with Gasteiger partial charge in [-0.15, -0.1) is 0 Å². The molecule has 0 aliphatic carbocycles. The summed E-state index contributed by atoms with van der Waals surface area (Å²) in [5, 5.41) is 3.20. The average molecular weight is 386 g/mol. The van der Waals surface area contributed by atoms with Gasteiger partial charge in [0.15, 0.2) is 0 Å². The smallest absolute Gasteiger partial charge is 0.322 e. The molecule has 0 saturated heterocycles. The predicted molar refractivity (Wildman–Crippen MR) is 101 cm³/mol. The van der Waals surface area contributed by atoms with Gasteiger partial charge in [-0.2, -0.15) is 0 Å². The highest BCUT2D eigenvalue weighted by molar-refractivity contribution is 7.53. The first-order valence-corrected chi connectivity index (χ1v) is 11.4. The summed E-state index contributed by atoms with van der Waals surface area (Å²) in [6.07, 6.45) is 1.30. The first-order valence-electron chi connectivity index (χ1n) is 8.56. The summed E-state index contributed by atoms with van der Waals surface area (Å²) in [5.74, 6) is 0. The third kappa shape index (κ3) is 9.79. The highest BCUT2D eigenvalue weighted by Gasteiger charge is 2.26. The second-order valence-electron chi connectivity index (χ2n) is 5.92. The molecule has 1 atom stereocenters. The van der Waals surface area contributed by atoms with Crippen molar-refractivity contribution in [1.82, 2.24) is 9.99 Å². The van der Waals surface area contributed by atoms with Gasteiger partial charge in [-0.3, -0.25) is 4.57 Å². The van der Waals surface area contributed by atoms with E-state index in [1.54, 1.807) is 0 Å². The van der Waals surface area contributed by atoms with E-state index in [-0.39, 0.29) is 0 Å². The van der Waals surface area contributed by atoms with Gasteiger partial charge in [-0.1, -0.05) is 6.92 Å². The quantitative estimate of drug-likeness (QED) is 0.339. The van der Waals surface area contributed by atoms with E-state index in [1.807, 2.05) is 0 Å². The molecule has 0 heterocycles. The minimum absolute atomic E-state index is 0.339. The molecule has 0 amide bonds. The first kappa shape index (κ1) is 24.4. The summed E-state index contributed by atoms with van der Waals surface area (Å²) in [7, 11) is -1.21. The molecule has 0 aromatic heterocycles. The van der Waals surface area contributed by atoms with Gasteiger partial charge in [0, 0.05) is 39.4 Å². The Morgan fingerprint density at radius 2 is 1.54 bits per heavy atom. The molecule has 0 fully saturated rings. The van der Waals surface area contributed by atoms with E-state index in [2.05, 4.69) is 44.6 Å². The van der Waals surface area contributed by atoms with Crippen molar-refractivity contribution in [3.8, 4) is 0 Å². The summed E-state index contributed by atoms with van der Waals surface area (Å²) in [6, 6.07) is 0.713. The van der Waals surface area contributed by atoms with Gasteiger partial charge in [0.1, 0.15) is 0 Å². The summed E-state index contributed by atoms with van der Waals surface area (Å²) >= 11 is 0. The number of rotatable bonds is 15. The molecular weight excluding hydrogens is 350 g/mol. The SMILES string of the molecule is CCCOP(OCCNCCP(=O)(OC)OC)N(C(C)C)C(C)C. The van der Waals surface area contributed by atoms with Crippen molar-refractivity contribution >= 4 is 16.1 Å². The van der Waals surface area contributed by atoms with Crippen LogP contribution < -0.4 is 5.32 Å². The molecule has 0 spiro atoms. The molecule has 0 rings (SSSR count). The van der Waals surface area contributed by atoms with E-state index in [4.69, 9.17) is 18.1 Å². The Morgan fingerprint density at radius 1 is 1.00 bits per heavy atom. The summed E-state index contributed by atoms with van der Waals surface area (Å²) < 4.78 is 35.9. The minimum atomic E-state index is -2.94. The fraction of sp³-hybridized carbons (Fsp3) is 1.00. The van der Waals surface area contributed by atoms with Crippen LogP contribution in [0.4, 0.5) is 0 Å². The zero-order valence-corrected chi connectivity index (χ0v) is 18.1. The molecule has 0 radical (unpaired) electrons. The Bertz CT molecular complexity index is 343. The van der Waals surface area contributed by atoms with Crippen molar-refractivity contribution in [3.63, 3.8) is 0 Å². The molecule has 1 N–H and O–H groups in total. The zero-order chi connectivity index (χ0) is 18.6. The lowest BCUT2D eigenvalue weighted by atomic mass is 10.3. The molecule has 9 heteroatoms. The Balaban J connectivity index is 4.26. The van der Waals surface area contributed by atoms with Crippen LogP contribution in [0.1, 0.15) is 41.0 Å². The average Bonchev–Trinajstić information content (AvgIpc) is 2.54. The maximum Gasteiger partial charge on any atom is 0.331 e. The van der Waals surface area contributed by atoms with Crippen LogP contribution in [0.25, 0.3) is 0 Å². The third-order valence-corrected chi connectivity index (χ3v) is 7.24. The second-order valence-corrected chi connectivity index (χ2v) is 9.77. The van der Waals surface area contributed by atoms with Crippen LogP contribution >= 0.6 is 16.1 Å². The lowest BCUT2D eigenvalue weighted by Gasteiger charge is -2.35. The van der Waals surface area contributed by atoms with Crippen LogP contribution in [-0.4, -0.2) is 63.4 Å². The van der Waals surface area contributed by atoms with Gasteiger partial charge in [0.2, 0.25) is 0 Å². The van der Waals surface area contributed by atoms with E-state index in [0.717, 1.165) is 6.42 Å². The fourth-order valence-electron chi connectivity index (χ4n) is 2.11. The first-order chi connectivity index (χ1) is 11.3. The van der Waals surface area contributed by atoms with Gasteiger partial charge in [0.05, 0.1) is 19.4 Å². The molecule has 146 valence electrons. The highest BCUT2D eigenvalue weighted by atomic mass is 31.2. The monoisotopic (exact) mass is 386 g/mol. The maximum absolute atomic E-state index is 11.9. The Kier molecular flexibility index (Phi) is 13.8. The molecule has 0 bridgehead atoms. The van der Waals surface area contributed by atoms with Gasteiger partial charge >= 0.3 is 7.60 Å². The fourth-order valence-corrected chi connectivity index (χ4v) is 4.74. The van der Waals surface area contributed by atoms with E-state index in [1.165, 1.54) is 14.2 Å². The number of nitrogens with zero attached hydrogens (tertiary/aromatic N) is 1. The van der Waals surface area contributed by atoms with Gasteiger partial charge in [-0.05, 0) is 34.1 Å². The summed E-state index contributed by atoms with van der Waals surface area (Å²) in [4.78, 5) is 0. The molecular formula is C15H36N2O5P2. The van der Waals surface area contributed by atoms with E-state index in [9.17, 15) is 4.57 Å². The van der Waals surface area contributed by atoms with Gasteiger partial charge < -0.3 is 23.4 Å². The Hall–Kier alpha value is 0.420. The van der Waals surface area contributed by atoms with Crippen molar-refractivity contribution in [2.45, 2.75) is 53.1 Å². The molecule has 0 aliphatic rings. The third-order valence-electron chi connectivity index (χ3n) is 3.25. The Labute approximate surface area is 149 Å². The molecule has 1 unspecified atom stereocenters. The molecule has 0 aliphatic heterocycles. The molecule has 0 aromatic carbocycles. The largest absolute Gasteiger partial charge is 0.331 e. The maximum atomic E-state index is 11.9. The number of hydrogen-bond acceptors (Lipinski definition) is 7. The van der Waals surface area contributed by atoms with Crippen molar-refractivity contribution in [1.29, 1.82) is 0 Å². The van der Waals surface area contributed by atoms with Gasteiger partial charge in [-0.25, -0.2) is 4.67 Å². The van der Waals surface area contributed by atoms with Crippen LogP contribution in [0.3, 0.4) is 0 Å². The highest BCUT2D eigenvalue weighted by Crippen LogP contribution is 2.46. The lowest BCUT2D eigenvalue weighted by molar-refractivity contribution is 0.175. The minimum Gasteiger partial charge on any atom is -0.322 e. The molecule has 24 heavy (non-hydrogen) atoms. The van der Waals surface area contributed by atoms with Crippen LogP contribution in [0.5, 0.6) is 0 Å². The zero-order valence-electron chi connectivity index (χ0n) is 16.3. The molecule has 0 aromatic rings. The van der Waals surface area contributed by atoms with Crippen LogP contribution in [0.2, 0.25) is 0 Å². The lowest BCUT2D eigenvalue weighted by Crippen LogP contribution is -2.34.